The molecular formula is C13H11BrN2OS. The SMILES string of the molecule is C=CCN=C1NC(=O)/C(=C/c2ccc(Br)cc2)S1. The molecule has 1 N–H and O–H groups in total. The van der Waals surface area contributed by atoms with Crippen LogP contribution in [0.25, 0.3) is 6.08 Å². The summed E-state index contributed by atoms with van der Waals surface area (Å²) in [6.07, 6.45) is 3.54. The van der Waals surface area contributed by atoms with E-state index in [4.69, 9.17) is 0 Å². The second-order valence-electron chi connectivity index (χ2n) is 3.55. The minimum Gasteiger partial charge on any atom is -0.301 e. The van der Waals surface area contributed by atoms with Gasteiger partial charge in [0.2, 0.25) is 0 Å². The van der Waals surface area contributed by atoms with Crippen molar-refractivity contribution in [1.82, 2.24) is 5.32 Å². The summed E-state index contributed by atoms with van der Waals surface area (Å²) >= 11 is 4.72. The molecule has 0 saturated carbocycles. The largest absolute Gasteiger partial charge is 0.301 e. The number of rotatable bonds is 3. The molecule has 1 heterocycles. The van der Waals surface area contributed by atoms with E-state index in [1.807, 2.05) is 30.3 Å². The number of nitrogens with zero attached hydrogens (tertiary/aromatic N) is 1. The van der Waals surface area contributed by atoms with Crippen molar-refractivity contribution in [2.45, 2.75) is 0 Å². The fourth-order valence-corrected chi connectivity index (χ4v) is 2.45. The third kappa shape index (κ3) is 3.34. The van der Waals surface area contributed by atoms with E-state index in [2.05, 4.69) is 32.8 Å². The van der Waals surface area contributed by atoms with Gasteiger partial charge in [-0.1, -0.05) is 34.1 Å². The molecule has 5 heteroatoms. The quantitative estimate of drug-likeness (QED) is 0.686. The summed E-state index contributed by atoms with van der Waals surface area (Å²) in [5, 5.41) is 3.35. The Morgan fingerprint density at radius 2 is 2.11 bits per heavy atom. The molecule has 0 unspecified atom stereocenters. The number of hydrogen-bond donors (Lipinski definition) is 1. The van der Waals surface area contributed by atoms with Crippen LogP contribution in [-0.4, -0.2) is 17.6 Å². The second kappa shape index (κ2) is 6.02. The summed E-state index contributed by atoms with van der Waals surface area (Å²) in [5.74, 6) is -0.106. The zero-order chi connectivity index (χ0) is 13.0. The zero-order valence-corrected chi connectivity index (χ0v) is 11.9. The molecule has 1 aromatic rings. The number of halogens is 1. The fraction of sp³-hybridized carbons (Fsp3) is 0.0769. The van der Waals surface area contributed by atoms with Gasteiger partial charge in [0, 0.05) is 4.47 Å². The van der Waals surface area contributed by atoms with E-state index < -0.39 is 0 Å². The Kier molecular flexibility index (Phi) is 4.38. The maximum atomic E-state index is 11.7. The van der Waals surface area contributed by atoms with Crippen molar-refractivity contribution < 1.29 is 4.79 Å². The molecule has 0 bridgehead atoms. The summed E-state index contributed by atoms with van der Waals surface area (Å²) in [6.45, 7) is 4.10. The Bertz CT molecular complexity index is 534. The number of carbonyl (C=O) groups is 1. The van der Waals surface area contributed by atoms with E-state index in [0.717, 1.165) is 10.0 Å². The highest BCUT2D eigenvalue weighted by molar-refractivity contribution is 9.10. The number of nitrogens with one attached hydrogen (secondary N) is 1. The van der Waals surface area contributed by atoms with Gasteiger partial charge < -0.3 is 5.32 Å². The summed E-state index contributed by atoms with van der Waals surface area (Å²) < 4.78 is 1.02. The van der Waals surface area contributed by atoms with Crippen molar-refractivity contribution >= 4 is 44.8 Å². The lowest BCUT2D eigenvalue weighted by Gasteiger charge is -1.95. The van der Waals surface area contributed by atoms with Crippen LogP contribution in [-0.2, 0) is 4.79 Å². The number of aliphatic imine (C=N–C) groups is 1. The van der Waals surface area contributed by atoms with E-state index in [1.54, 1.807) is 6.08 Å². The van der Waals surface area contributed by atoms with Crippen LogP contribution in [0.1, 0.15) is 5.56 Å². The molecule has 1 amide bonds. The van der Waals surface area contributed by atoms with Crippen LogP contribution in [0, 0.1) is 0 Å². The van der Waals surface area contributed by atoms with Crippen LogP contribution >= 0.6 is 27.7 Å². The molecule has 92 valence electrons. The van der Waals surface area contributed by atoms with E-state index in [-0.39, 0.29) is 5.91 Å². The third-order valence-electron chi connectivity index (χ3n) is 2.18. The lowest BCUT2D eigenvalue weighted by atomic mass is 10.2. The Morgan fingerprint density at radius 1 is 1.39 bits per heavy atom. The van der Waals surface area contributed by atoms with E-state index in [9.17, 15) is 4.79 Å². The first-order valence-corrected chi connectivity index (χ1v) is 6.92. The summed E-state index contributed by atoms with van der Waals surface area (Å²) in [7, 11) is 0. The predicted molar refractivity (Wildman–Crippen MR) is 80.4 cm³/mol. The highest BCUT2D eigenvalue weighted by atomic mass is 79.9. The van der Waals surface area contributed by atoms with Crippen LogP contribution in [0.4, 0.5) is 0 Å². The molecule has 3 nitrogen and oxygen atoms in total. The Labute approximate surface area is 118 Å². The van der Waals surface area contributed by atoms with Crippen molar-refractivity contribution in [2.75, 3.05) is 6.54 Å². The molecule has 0 spiro atoms. The van der Waals surface area contributed by atoms with E-state index in [1.165, 1.54) is 11.8 Å². The molecule has 2 rings (SSSR count). The number of carbonyl (C=O) groups excluding carboxylic acids is 1. The molecule has 1 aliphatic heterocycles. The minimum atomic E-state index is -0.106. The van der Waals surface area contributed by atoms with Crippen molar-refractivity contribution in [3.8, 4) is 0 Å². The van der Waals surface area contributed by atoms with Crippen molar-refractivity contribution in [3.05, 3.63) is 51.9 Å². The first kappa shape index (κ1) is 13.1. The van der Waals surface area contributed by atoms with Crippen LogP contribution in [0.5, 0.6) is 0 Å². The Balaban J connectivity index is 2.16. The van der Waals surface area contributed by atoms with Gasteiger partial charge in [-0.25, -0.2) is 0 Å². The summed E-state index contributed by atoms with van der Waals surface area (Å²) in [6, 6.07) is 7.78. The number of hydrogen-bond acceptors (Lipinski definition) is 3. The summed E-state index contributed by atoms with van der Waals surface area (Å²) in [4.78, 5) is 16.5. The fourth-order valence-electron chi connectivity index (χ4n) is 1.36. The Morgan fingerprint density at radius 3 is 2.78 bits per heavy atom. The molecule has 0 radical (unpaired) electrons. The highest BCUT2D eigenvalue weighted by Crippen LogP contribution is 2.26. The van der Waals surface area contributed by atoms with Gasteiger partial charge in [0.1, 0.15) is 0 Å². The molecule has 1 aromatic carbocycles. The molecular weight excluding hydrogens is 312 g/mol. The molecule has 0 aromatic heterocycles. The molecule has 1 aliphatic rings. The van der Waals surface area contributed by atoms with E-state index >= 15 is 0 Å². The molecule has 1 fully saturated rings. The van der Waals surface area contributed by atoms with Gasteiger partial charge in [-0.15, -0.1) is 6.58 Å². The first-order valence-electron chi connectivity index (χ1n) is 5.31. The number of amides is 1. The van der Waals surface area contributed by atoms with Gasteiger partial charge >= 0.3 is 0 Å². The van der Waals surface area contributed by atoms with Crippen LogP contribution < -0.4 is 5.32 Å². The summed E-state index contributed by atoms with van der Waals surface area (Å²) in [5.41, 5.74) is 0.987. The average Bonchev–Trinajstić information content (AvgIpc) is 2.70. The molecule has 18 heavy (non-hydrogen) atoms. The maximum absolute atomic E-state index is 11.7. The van der Waals surface area contributed by atoms with Gasteiger partial charge in [-0.3, -0.25) is 9.79 Å². The van der Waals surface area contributed by atoms with Crippen molar-refractivity contribution in [3.63, 3.8) is 0 Å². The Hall–Kier alpha value is -1.33. The highest BCUT2D eigenvalue weighted by Gasteiger charge is 2.23. The predicted octanol–water partition coefficient (Wildman–Crippen LogP) is 3.20. The van der Waals surface area contributed by atoms with Crippen LogP contribution in [0.15, 0.2) is 51.3 Å². The van der Waals surface area contributed by atoms with Crippen LogP contribution in [0.2, 0.25) is 0 Å². The van der Waals surface area contributed by atoms with Crippen molar-refractivity contribution in [2.24, 2.45) is 4.99 Å². The van der Waals surface area contributed by atoms with Crippen LogP contribution in [0.3, 0.4) is 0 Å². The lowest BCUT2D eigenvalue weighted by molar-refractivity contribution is -0.115. The number of amidine groups is 1. The lowest BCUT2D eigenvalue weighted by Crippen LogP contribution is -2.19. The van der Waals surface area contributed by atoms with Gasteiger partial charge in [0.05, 0.1) is 11.4 Å². The second-order valence-corrected chi connectivity index (χ2v) is 5.50. The van der Waals surface area contributed by atoms with Gasteiger partial charge in [0.25, 0.3) is 5.91 Å². The number of thioether (sulfide) groups is 1. The van der Waals surface area contributed by atoms with Gasteiger partial charge in [0.15, 0.2) is 5.17 Å². The minimum absolute atomic E-state index is 0.106. The monoisotopic (exact) mass is 322 g/mol. The maximum Gasteiger partial charge on any atom is 0.264 e. The standard InChI is InChI=1S/C13H11BrN2OS/c1-2-7-15-13-16-12(17)11(18-13)8-9-3-5-10(14)6-4-9/h2-6,8H,1,7H2,(H,15,16,17)/b11-8-. The van der Waals surface area contributed by atoms with E-state index in [0.29, 0.717) is 16.6 Å². The normalized spacial score (nSPS) is 19.3. The topological polar surface area (TPSA) is 41.5 Å². The molecule has 0 aliphatic carbocycles. The number of benzene rings is 1. The molecule has 0 atom stereocenters. The van der Waals surface area contributed by atoms with Gasteiger partial charge in [-0.05, 0) is 35.5 Å². The van der Waals surface area contributed by atoms with Crippen molar-refractivity contribution in [1.29, 1.82) is 0 Å². The third-order valence-corrected chi connectivity index (χ3v) is 3.66. The first-order chi connectivity index (χ1) is 8.69. The molecule has 1 saturated heterocycles. The smallest absolute Gasteiger partial charge is 0.264 e. The van der Waals surface area contributed by atoms with Gasteiger partial charge in [-0.2, -0.15) is 0 Å². The zero-order valence-electron chi connectivity index (χ0n) is 9.52. The average molecular weight is 323 g/mol.